The van der Waals surface area contributed by atoms with Crippen molar-refractivity contribution in [1.29, 1.82) is 0 Å². The van der Waals surface area contributed by atoms with Crippen molar-refractivity contribution in [3.05, 3.63) is 0 Å². The van der Waals surface area contributed by atoms with Gasteiger partial charge in [-0.15, -0.1) is 0 Å². The third kappa shape index (κ3) is 6.56. The number of likely N-dealkylation sites (N-methyl/N-ethyl adjacent to an activating group) is 1. The molecule has 7 heteroatoms. The number of hydrogen-bond acceptors (Lipinski definition) is 3. The maximum atomic E-state index is 12.3. The highest BCUT2D eigenvalue weighted by Crippen LogP contribution is 2.20. The van der Waals surface area contributed by atoms with Crippen molar-refractivity contribution in [2.24, 2.45) is 0 Å². The molecule has 0 heterocycles. The van der Waals surface area contributed by atoms with Crippen LogP contribution in [0.2, 0.25) is 0 Å². The van der Waals surface area contributed by atoms with E-state index in [1.54, 1.807) is 13.8 Å². The van der Waals surface area contributed by atoms with E-state index in [1.165, 1.54) is 4.90 Å². The first-order valence-electron chi connectivity index (χ1n) is 6.98. The van der Waals surface area contributed by atoms with Crippen LogP contribution >= 0.6 is 0 Å². The molecule has 0 spiro atoms. The van der Waals surface area contributed by atoms with Gasteiger partial charge in [-0.25, -0.2) is 0 Å². The SMILES string of the molecule is CCNC(CC)(CCCN(CC)CC(F)(F)F)C(=O)O. The van der Waals surface area contributed by atoms with Crippen LogP contribution in [0.15, 0.2) is 0 Å². The van der Waals surface area contributed by atoms with E-state index < -0.39 is 24.2 Å². The summed E-state index contributed by atoms with van der Waals surface area (Å²) >= 11 is 0. The van der Waals surface area contributed by atoms with Gasteiger partial charge in [0.2, 0.25) is 0 Å². The second-order valence-corrected chi connectivity index (χ2v) is 4.86. The normalized spacial score (nSPS) is 15.3. The summed E-state index contributed by atoms with van der Waals surface area (Å²) in [5.41, 5.74) is -1.04. The van der Waals surface area contributed by atoms with Crippen LogP contribution in [0.25, 0.3) is 0 Å². The van der Waals surface area contributed by atoms with Crippen LogP contribution in [0.4, 0.5) is 13.2 Å². The largest absolute Gasteiger partial charge is 0.480 e. The minimum atomic E-state index is -4.22. The van der Waals surface area contributed by atoms with Crippen molar-refractivity contribution in [3.63, 3.8) is 0 Å². The molecule has 20 heavy (non-hydrogen) atoms. The number of nitrogens with one attached hydrogen (secondary N) is 1. The standard InChI is InChI=1S/C13H25F3N2O2/c1-4-12(11(19)20,17-5-2)8-7-9-18(6-3)10-13(14,15)16/h17H,4-10H2,1-3H3,(H,19,20). The smallest absolute Gasteiger partial charge is 0.401 e. The molecule has 1 atom stereocenters. The fraction of sp³-hybridized carbons (Fsp3) is 0.923. The van der Waals surface area contributed by atoms with Crippen molar-refractivity contribution in [1.82, 2.24) is 10.2 Å². The van der Waals surface area contributed by atoms with Gasteiger partial charge in [-0.3, -0.25) is 9.69 Å². The van der Waals surface area contributed by atoms with Crippen LogP contribution in [0.1, 0.15) is 40.0 Å². The van der Waals surface area contributed by atoms with Gasteiger partial charge < -0.3 is 10.4 Å². The monoisotopic (exact) mass is 298 g/mol. The molecule has 0 aliphatic rings. The molecule has 0 amide bonds. The lowest BCUT2D eigenvalue weighted by Crippen LogP contribution is -2.52. The molecule has 4 nitrogen and oxygen atoms in total. The van der Waals surface area contributed by atoms with Crippen LogP contribution in [-0.4, -0.2) is 53.9 Å². The van der Waals surface area contributed by atoms with Gasteiger partial charge in [-0.05, 0) is 38.9 Å². The molecule has 120 valence electrons. The highest BCUT2D eigenvalue weighted by atomic mass is 19.4. The van der Waals surface area contributed by atoms with Crippen molar-refractivity contribution in [2.75, 3.05) is 26.2 Å². The summed E-state index contributed by atoms with van der Waals surface area (Å²) in [6, 6.07) is 0. The summed E-state index contributed by atoms with van der Waals surface area (Å²) < 4.78 is 37.0. The third-order valence-corrected chi connectivity index (χ3v) is 3.46. The number of alkyl halides is 3. The summed E-state index contributed by atoms with van der Waals surface area (Å²) in [7, 11) is 0. The van der Waals surface area contributed by atoms with E-state index in [0.717, 1.165) is 0 Å². The van der Waals surface area contributed by atoms with E-state index in [0.29, 0.717) is 32.4 Å². The van der Waals surface area contributed by atoms with E-state index in [1.807, 2.05) is 6.92 Å². The van der Waals surface area contributed by atoms with E-state index in [2.05, 4.69) is 5.32 Å². The van der Waals surface area contributed by atoms with Crippen LogP contribution < -0.4 is 5.32 Å². The molecule has 0 bridgehead atoms. The molecular weight excluding hydrogens is 273 g/mol. The molecule has 0 rings (SSSR count). The summed E-state index contributed by atoms with van der Waals surface area (Å²) in [4.78, 5) is 12.6. The minimum Gasteiger partial charge on any atom is -0.480 e. The van der Waals surface area contributed by atoms with E-state index in [4.69, 9.17) is 0 Å². The summed E-state index contributed by atoms with van der Waals surface area (Å²) in [5.74, 6) is -0.944. The predicted octanol–water partition coefficient (Wildman–Crippen LogP) is 2.49. The fourth-order valence-electron chi connectivity index (χ4n) is 2.27. The third-order valence-electron chi connectivity index (χ3n) is 3.46. The summed E-state index contributed by atoms with van der Waals surface area (Å²) in [6.45, 7) is 5.36. The van der Waals surface area contributed by atoms with Crippen LogP contribution in [0.5, 0.6) is 0 Å². The first-order valence-corrected chi connectivity index (χ1v) is 6.98. The van der Waals surface area contributed by atoms with Gasteiger partial charge in [0.1, 0.15) is 5.54 Å². The Labute approximate surface area is 118 Å². The lowest BCUT2D eigenvalue weighted by Gasteiger charge is -2.30. The number of carboxylic acids is 1. The molecule has 2 N–H and O–H groups in total. The Morgan fingerprint density at radius 2 is 1.85 bits per heavy atom. The number of carboxylic acid groups (broad SMARTS) is 1. The zero-order chi connectivity index (χ0) is 15.8. The van der Waals surface area contributed by atoms with Crippen molar-refractivity contribution < 1.29 is 23.1 Å². The van der Waals surface area contributed by atoms with E-state index in [9.17, 15) is 23.1 Å². The summed E-state index contributed by atoms with van der Waals surface area (Å²) in [5, 5.41) is 12.3. The number of hydrogen-bond donors (Lipinski definition) is 2. The van der Waals surface area contributed by atoms with Crippen LogP contribution in [0, 0.1) is 0 Å². The predicted molar refractivity (Wildman–Crippen MR) is 71.7 cm³/mol. The average molecular weight is 298 g/mol. The highest BCUT2D eigenvalue weighted by Gasteiger charge is 2.35. The maximum absolute atomic E-state index is 12.3. The van der Waals surface area contributed by atoms with E-state index in [-0.39, 0.29) is 6.54 Å². The quantitative estimate of drug-likeness (QED) is 0.650. The molecule has 1 unspecified atom stereocenters. The Morgan fingerprint density at radius 3 is 2.20 bits per heavy atom. The Bertz CT molecular complexity index is 298. The number of carbonyl (C=O) groups is 1. The van der Waals surface area contributed by atoms with Crippen molar-refractivity contribution >= 4 is 5.97 Å². The van der Waals surface area contributed by atoms with Crippen molar-refractivity contribution in [3.8, 4) is 0 Å². The van der Waals surface area contributed by atoms with Gasteiger partial charge in [0.05, 0.1) is 6.54 Å². The lowest BCUT2D eigenvalue weighted by atomic mass is 9.90. The molecule has 0 aromatic heterocycles. The molecule has 0 aliphatic carbocycles. The fourth-order valence-corrected chi connectivity index (χ4v) is 2.27. The Hall–Kier alpha value is -0.820. The first kappa shape index (κ1) is 19.2. The molecule has 0 aromatic rings. The van der Waals surface area contributed by atoms with Gasteiger partial charge in [0, 0.05) is 0 Å². The summed E-state index contributed by atoms with van der Waals surface area (Å²) in [6.07, 6.45) is -3.08. The maximum Gasteiger partial charge on any atom is 0.401 e. The molecule has 0 radical (unpaired) electrons. The number of halogens is 3. The molecule has 0 aliphatic heterocycles. The molecule has 0 fully saturated rings. The Morgan fingerprint density at radius 1 is 1.25 bits per heavy atom. The lowest BCUT2D eigenvalue weighted by molar-refractivity contribution is -0.148. The topological polar surface area (TPSA) is 52.6 Å². The zero-order valence-corrected chi connectivity index (χ0v) is 12.4. The van der Waals surface area contributed by atoms with Gasteiger partial charge in [-0.2, -0.15) is 13.2 Å². The van der Waals surface area contributed by atoms with Gasteiger partial charge in [-0.1, -0.05) is 20.8 Å². The first-order chi connectivity index (χ1) is 9.20. The number of rotatable bonds is 10. The zero-order valence-electron chi connectivity index (χ0n) is 12.4. The van der Waals surface area contributed by atoms with Gasteiger partial charge in [0.25, 0.3) is 0 Å². The highest BCUT2D eigenvalue weighted by molar-refractivity contribution is 5.78. The molecule has 0 saturated heterocycles. The second kappa shape index (κ2) is 8.46. The number of nitrogens with zero attached hydrogens (tertiary/aromatic N) is 1. The average Bonchev–Trinajstić information content (AvgIpc) is 2.34. The molecular formula is C13H25F3N2O2. The van der Waals surface area contributed by atoms with Gasteiger partial charge in [0.15, 0.2) is 0 Å². The second-order valence-electron chi connectivity index (χ2n) is 4.86. The number of aliphatic carboxylic acids is 1. The van der Waals surface area contributed by atoms with Crippen LogP contribution in [0.3, 0.4) is 0 Å². The molecule has 0 aromatic carbocycles. The van der Waals surface area contributed by atoms with Crippen LogP contribution in [-0.2, 0) is 4.79 Å². The minimum absolute atomic E-state index is 0.246. The van der Waals surface area contributed by atoms with Crippen molar-refractivity contribution in [2.45, 2.75) is 51.7 Å². The van der Waals surface area contributed by atoms with Gasteiger partial charge >= 0.3 is 12.1 Å². The Kier molecular flexibility index (Phi) is 8.12. The Balaban J connectivity index is 4.45. The van der Waals surface area contributed by atoms with E-state index >= 15 is 0 Å². The molecule has 0 saturated carbocycles.